The van der Waals surface area contributed by atoms with Gasteiger partial charge in [-0.2, -0.15) is 0 Å². The lowest BCUT2D eigenvalue weighted by atomic mass is 9.97. The summed E-state index contributed by atoms with van der Waals surface area (Å²) in [5, 5.41) is 0. The van der Waals surface area contributed by atoms with Gasteiger partial charge in [0.2, 0.25) is 0 Å². The summed E-state index contributed by atoms with van der Waals surface area (Å²) >= 11 is 3.33. The summed E-state index contributed by atoms with van der Waals surface area (Å²) < 4.78 is 11.2. The van der Waals surface area contributed by atoms with E-state index in [1.165, 1.54) is 0 Å². The van der Waals surface area contributed by atoms with Crippen molar-refractivity contribution in [2.24, 2.45) is 5.73 Å². The molecule has 2 N–H and O–H groups in total. The highest BCUT2D eigenvalue weighted by molar-refractivity contribution is 9.10. The number of hydrogen-bond donors (Lipinski definition) is 1. The molecule has 1 atom stereocenters. The highest BCUT2D eigenvalue weighted by atomic mass is 79.9. The smallest absolute Gasteiger partial charge is 0.173 e. The van der Waals surface area contributed by atoms with Gasteiger partial charge in [-0.1, -0.05) is 0 Å². The Morgan fingerprint density at radius 2 is 2.27 bits per heavy atom. The fourth-order valence-electron chi connectivity index (χ4n) is 1.33. The summed E-state index contributed by atoms with van der Waals surface area (Å²) in [6.07, 6.45) is 3.43. The Kier molecular flexibility index (Phi) is 4.37. The number of rotatable bonds is 5. The van der Waals surface area contributed by atoms with Crippen LogP contribution in [0.5, 0.6) is 0 Å². The van der Waals surface area contributed by atoms with Crippen molar-refractivity contribution in [3.8, 4) is 0 Å². The van der Waals surface area contributed by atoms with Crippen molar-refractivity contribution in [2.75, 3.05) is 7.11 Å². The number of hydrogen-bond acceptors (Lipinski definition) is 3. The molecule has 0 aliphatic heterocycles. The zero-order valence-corrected chi connectivity index (χ0v) is 11.0. The van der Waals surface area contributed by atoms with Gasteiger partial charge in [0.25, 0.3) is 0 Å². The third-order valence-corrected chi connectivity index (χ3v) is 3.30. The normalized spacial score (nSPS) is 14.2. The molecular formula is C11H18BrNO2. The van der Waals surface area contributed by atoms with Crippen molar-refractivity contribution in [2.45, 2.75) is 38.3 Å². The molecule has 1 aromatic rings. The molecular weight excluding hydrogens is 258 g/mol. The van der Waals surface area contributed by atoms with Crippen LogP contribution in [0.1, 0.15) is 38.3 Å². The second-order valence-corrected chi connectivity index (χ2v) is 4.98. The maximum Gasteiger partial charge on any atom is 0.173 e. The van der Waals surface area contributed by atoms with Crippen LogP contribution in [0.15, 0.2) is 21.4 Å². The van der Waals surface area contributed by atoms with E-state index in [0.29, 0.717) is 0 Å². The van der Waals surface area contributed by atoms with Crippen LogP contribution in [0, 0.1) is 0 Å². The number of ether oxygens (including phenoxy) is 1. The Bertz CT molecular complexity index is 309. The molecule has 0 aliphatic rings. The highest BCUT2D eigenvalue weighted by Crippen LogP contribution is 2.28. The van der Waals surface area contributed by atoms with Crippen LogP contribution in [0.2, 0.25) is 0 Å². The first-order chi connectivity index (χ1) is 6.96. The van der Waals surface area contributed by atoms with Crippen molar-refractivity contribution in [1.29, 1.82) is 0 Å². The standard InChI is InChI=1S/C11H18BrNO2/c1-11(2,14-3)6-4-9(13)8-5-7-15-10(8)12/h5,7,9H,4,6,13H2,1-3H3. The fraction of sp³-hybridized carbons (Fsp3) is 0.636. The molecule has 0 saturated heterocycles. The van der Waals surface area contributed by atoms with Crippen molar-refractivity contribution in [3.63, 3.8) is 0 Å². The molecule has 3 nitrogen and oxygen atoms in total. The van der Waals surface area contributed by atoms with Crippen molar-refractivity contribution in [1.82, 2.24) is 0 Å². The Hall–Kier alpha value is -0.320. The molecule has 1 aromatic heterocycles. The van der Waals surface area contributed by atoms with Gasteiger partial charge in [-0.05, 0) is 48.7 Å². The monoisotopic (exact) mass is 275 g/mol. The van der Waals surface area contributed by atoms with Crippen LogP contribution in [0.3, 0.4) is 0 Å². The third kappa shape index (κ3) is 3.63. The van der Waals surface area contributed by atoms with E-state index in [1.807, 2.05) is 6.07 Å². The van der Waals surface area contributed by atoms with Crippen LogP contribution in [0.25, 0.3) is 0 Å². The van der Waals surface area contributed by atoms with E-state index in [0.717, 1.165) is 23.1 Å². The van der Waals surface area contributed by atoms with Crippen LogP contribution in [-0.4, -0.2) is 12.7 Å². The van der Waals surface area contributed by atoms with Crippen LogP contribution < -0.4 is 5.73 Å². The largest absolute Gasteiger partial charge is 0.457 e. The van der Waals surface area contributed by atoms with Gasteiger partial charge in [0, 0.05) is 18.7 Å². The fourth-order valence-corrected chi connectivity index (χ4v) is 1.86. The second kappa shape index (κ2) is 5.14. The molecule has 86 valence electrons. The topological polar surface area (TPSA) is 48.4 Å². The molecule has 4 heteroatoms. The molecule has 0 aromatic carbocycles. The van der Waals surface area contributed by atoms with Crippen molar-refractivity contribution in [3.05, 3.63) is 22.6 Å². The Balaban J connectivity index is 2.50. The van der Waals surface area contributed by atoms with E-state index < -0.39 is 0 Å². The molecule has 0 amide bonds. The molecule has 1 unspecified atom stereocenters. The Morgan fingerprint density at radius 3 is 2.73 bits per heavy atom. The van der Waals surface area contributed by atoms with Gasteiger partial charge in [0.1, 0.15) is 0 Å². The van der Waals surface area contributed by atoms with Gasteiger partial charge in [-0.15, -0.1) is 0 Å². The predicted octanol–water partition coefficient (Wildman–Crippen LogP) is 3.25. The van der Waals surface area contributed by atoms with Gasteiger partial charge >= 0.3 is 0 Å². The van der Waals surface area contributed by atoms with E-state index in [-0.39, 0.29) is 11.6 Å². The Morgan fingerprint density at radius 1 is 1.60 bits per heavy atom. The average molecular weight is 276 g/mol. The molecule has 0 spiro atoms. The van der Waals surface area contributed by atoms with E-state index in [4.69, 9.17) is 14.9 Å². The lowest BCUT2D eigenvalue weighted by Crippen LogP contribution is -2.24. The minimum absolute atomic E-state index is 0.00690. The second-order valence-electron chi connectivity index (χ2n) is 4.26. The highest BCUT2D eigenvalue weighted by Gasteiger charge is 2.20. The summed E-state index contributed by atoms with van der Waals surface area (Å²) in [7, 11) is 1.72. The Labute approximate surface area is 99.1 Å². The molecule has 0 saturated carbocycles. The van der Waals surface area contributed by atoms with Gasteiger partial charge in [0.05, 0.1) is 11.9 Å². The quantitative estimate of drug-likeness (QED) is 0.898. The lowest BCUT2D eigenvalue weighted by Gasteiger charge is -2.24. The molecule has 0 bridgehead atoms. The molecule has 1 rings (SSSR count). The van der Waals surface area contributed by atoms with Gasteiger partial charge in [0.15, 0.2) is 4.67 Å². The summed E-state index contributed by atoms with van der Waals surface area (Å²) in [6, 6.07) is 1.89. The molecule has 0 fully saturated rings. The SMILES string of the molecule is COC(C)(C)CCC(N)c1ccoc1Br. The maximum absolute atomic E-state index is 6.06. The summed E-state index contributed by atoms with van der Waals surface area (Å²) in [5.41, 5.74) is 6.96. The van der Waals surface area contributed by atoms with E-state index in [1.54, 1.807) is 13.4 Å². The molecule has 0 radical (unpaired) electrons. The predicted molar refractivity (Wildman–Crippen MR) is 63.7 cm³/mol. The van der Waals surface area contributed by atoms with Crippen LogP contribution in [-0.2, 0) is 4.74 Å². The average Bonchev–Trinajstić information content (AvgIpc) is 2.61. The van der Waals surface area contributed by atoms with Crippen LogP contribution >= 0.6 is 15.9 Å². The zero-order chi connectivity index (χ0) is 11.5. The van der Waals surface area contributed by atoms with Gasteiger partial charge < -0.3 is 14.9 Å². The lowest BCUT2D eigenvalue weighted by molar-refractivity contribution is 0.0124. The minimum Gasteiger partial charge on any atom is -0.457 e. The van der Waals surface area contributed by atoms with E-state index in [9.17, 15) is 0 Å². The molecule has 0 aliphatic carbocycles. The van der Waals surface area contributed by atoms with Crippen LogP contribution in [0.4, 0.5) is 0 Å². The third-order valence-electron chi connectivity index (χ3n) is 2.66. The van der Waals surface area contributed by atoms with E-state index >= 15 is 0 Å². The summed E-state index contributed by atoms with van der Waals surface area (Å²) in [5.74, 6) is 0. The van der Waals surface area contributed by atoms with Gasteiger partial charge in [-0.3, -0.25) is 0 Å². The number of nitrogens with two attached hydrogens (primary N) is 1. The first-order valence-corrected chi connectivity index (χ1v) is 5.79. The first-order valence-electron chi connectivity index (χ1n) is 5.00. The number of methoxy groups -OCH3 is 1. The zero-order valence-electron chi connectivity index (χ0n) is 9.42. The molecule has 15 heavy (non-hydrogen) atoms. The maximum atomic E-state index is 6.06. The first kappa shape index (κ1) is 12.7. The van der Waals surface area contributed by atoms with Gasteiger partial charge in [-0.25, -0.2) is 0 Å². The summed E-state index contributed by atoms with van der Waals surface area (Å²) in [4.78, 5) is 0. The summed E-state index contributed by atoms with van der Waals surface area (Å²) in [6.45, 7) is 4.12. The molecule has 1 heterocycles. The van der Waals surface area contributed by atoms with Crippen molar-refractivity contribution >= 4 is 15.9 Å². The van der Waals surface area contributed by atoms with Crippen molar-refractivity contribution < 1.29 is 9.15 Å². The van der Waals surface area contributed by atoms with E-state index in [2.05, 4.69) is 29.8 Å². The number of furan rings is 1. The number of halogens is 1. The minimum atomic E-state index is -0.117.